The van der Waals surface area contributed by atoms with Crippen molar-refractivity contribution in [2.75, 3.05) is 0 Å². The summed E-state index contributed by atoms with van der Waals surface area (Å²) >= 11 is 0. The summed E-state index contributed by atoms with van der Waals surface area (Å²) in [4.78, 5) is 11.2. The van der Waals surface area contributed by atoms with Crippen LogP contribution in [0, 0.1) is 5.92 Å². The molecule has 0 aliphatic heterocycles. The van der Waals surface area contributed by atoms with Gasteiger partial charge in [-0.1, -0.05) is 13.8 Å². The minimum atomic E-state index is 0.139. The van der Waals surface area contributed by atoms with Crippen LogP contribution in [-0.4, -0.2) is 5.78 Å². The lowest BCUT2D eigenvalue weighted by Crippen LogP contribution is -2.07. The van der Waals surface area contributed by atoms with Crippen LogP contribution in [0.5, 0.6) is 0 Å². The van der Waals surface area contributed by atoms with Crippen LogP contribution in [0.3, 0.4) is 0 Å². The Morgan fingerprint density at radius 2 is 2.33 bits per heavy atom. The maximum absolute atomic E-state index is 11.2. The van der Waals surface area contributed by atoms with Gasteiger partial charge in [0.25, 0.3) is 0 Å². The Morgan fingerprint density at radius 3 is 2.83 bits per heavy atom. The zero-order chi connectivity index (χ0) is 8.97. The second kappa shape index (κ2) is 4.10. The van der Waals surface area contributed by atoms with E-state index < -0.39 is 0 Å². The van der Waals surface area contributed by atoms with Crippen molar-refractivity contribution in [3.8, 4) is 0 Å². The Morgan fingerprint density at radius 1 is 1.58 bits per heavy atom. The summed E-state index contributed by atoms with van der Waals surface area (Å²) in [6, 6.07) is 3.74. The Balaban J connectivity index is 2.32. The molecule has 0 saturated carbocycles. The summed E-state index contributed by atoms with van der Waals surface area (Å²) in [5.41, 5.74) is 0. The van der Waals surface area contributed by atoms with Crippen LogP contribution in [0.15, 0.2) is 22.8 Å². The lowest BCUT2D eigenvalue weighted by molar-refractivity contribution is -0.121. The summed E-state index contributed by atoms with van der Waals surface area (Å²) in [7, 11) is 0. The number of carbonyl (C=O) groups excluding carboxylic acids is 1. The highest BCUT2D eigenvalue weighted by atomic mass is 16.3. The number of rotatable bonds is 4. The highest BCUT2D eigenvalue weighted by molar-refractivity contribution is 5.80. The molecular formula is C10H14O2. The zero-order valence-corrected chi connectivity index (χ0v) is 7.54. The molecule has 0 aliphatic carbocycles. The third-order valence-electron chi connectivity index (χ3n) is 1.84. The topological polar surface area (TPSA) is 30.2 Å². The molecule has 0 bridgehead atoms. The molecule has 2 nitrogen and oxygen atoms in total. The predicted octanol–water partition coefficient (Wildman–Crippen LogP) is 2.44. The van der Waals surface area contributed by atoms with Crippen molar-refractivity contribution < 1.29 is 9.21 Å². The van der Waals surface area contributed by atoms with Crippen molar-refractivity contribution in [2.45, 2.75) is 26.7 Å². The maximum atomic E-state index is 11.2. The van der Waals surface area contributed by atoms with Gasteiger partial charge in [-0.05, 0) is 12.1 Å². The molecule has 0 atom stereocenters. The van der Waals surface area contributed by atoms with Crippen molar-refractivity contribution in [3.05, 3.63) is 24.2 Å². The molecule has 1 aromatic heterocycles. The molecule has 0 saturated heterocycles. The first-order valence-electron chi connectivity index (χ1n) is 4.25. The van der Waals surface area contributed by atoms with E-state index in [1.165, 1.54) is 0 Å². The van der Waals surface area contributed by atoms with E-state index in [0.717, 1.165) is 12.2 Å². The molecule has 0 aromatic carbocycles. The van der Waals surface area contributed by atoms with E-state index in [2.05, 4.69) is 0 Å². The first-order valence-corrected chi connectivity index (χ1v) is 4.25. The summed E-state index contributed by atoms with van der Waals surface area (Å²) < 4.78 is 5.11. The Bertz CT molecular complexity index is 234. The van der Waals surface area contributed by atoms with E-state index in [9.17, 15) is 4.79 Å². The van der Waals surface area contributed by atoms with Crippen molar-refractivity contribution >= 4 is 5.78 Å². The second-order valence-electron chi connectivity index (χ2n) is 3.20. The number of carbonyl (C=O) groups is 1. The SMILES string of the molecule is CC(C)C(=O)CCc1ccco1. The van der Waals surface area contributed by atoms with Crippen LogP contribution in [0.4, 0.5) is 0 Å². The highest BCUT2D eigenvalue weighted by Crippen LogP contribution is 2.07. The average Bonchev–Trinajstić information content (AvgIpc) is 2.51. The van der Waals surface area contributed by atoms with Crippen LogP contribution in [0.1, 0.15) is 26.0 Å². The first-order chi connectivity index (χ1) is 5.70. The number of hydrogen-bond donors (Lipinski definition) is 0. The molecule has 0 spiro atoms. The lowest BCUT2D eigenvalue weighted by atomic mass is 10.0. The van der Waals surface area contributed by atoms with Gasteiger partial charge < -0.3 is 4.42 Å². The van der Waals surface area contributed by atoms with Gasteiger partial charge in [0.05, 0.1) is 6.26 Å². The number of furan rings is 1. The molecule has 0 radical (unpaired) electrons. The monoisotopic (exact) mass is 166 g/mol. The largest absolute Gasteiger partial charge is 0.469 e. The van der Waals surface area contributed by atoms with E-state index >= 15 is 0 Å². The van der Waals surface area contributed by atoms with E-state index in [1.54, 1.807) is 6.26 Å². The fourth-order valence-electron chi connectivity index (χ4n) is 0.990. The number of aryl methyl sites for hydroxylation is 1. The fraction of sp³-hybridized carbons (Fsp3) is 0.500. The molecule has 66 valence electrons. The van der Waals surface area contributed by atoms with Gasteiger partial charge in [0, 0.05) is 18.8 Å². The molecule has 2 heteroatoms. The van der Waals surface area contributed by atoms with Gasteiger partial charge in [0.15, 0.2) is 0 Å². The van der Waals surface area contributed by atoms with Crippen molar-refractivity contribution in [1.82, 2.24) is 0 Å². The first kappa shape index (κ1) is 9.04. The van der Waals surface area contributed by atoms with Gasteiger partial charge in [-0.2, -0.15) is 0 Å². The average molecular weight is 166 g/mol. The van der Waals surface area contributed by atoms with E-state index in [0.29, 0.717) is 12.2 Å². The minimum Gasteiger partial charge on any atom is -0.469 e. The van der Waals surface area contributed by atoms with Crippen LogP contribution < -0.4 is 0 Å². The summed E-state index contributed by atoms with van der Waals surface area (Å²) in [5, 5.41) is 0. The molecule has 1 aromatic rings. The molecule has 0 unspecified atom stereocenters. The molecular weight excluding hydrogens is 152 g/mol. The fourth-order valence-corrected chi connectivity index (χ4v) is 0.990. The predicted molar refractivity (Wildman–Crippen MR) is 46.9 cm³/mol. The standard InChI is InChI=1S/C10H14O2/c1-8(2)10(11)6-5-9-4-3-7-12-9/h3-4,7-8H,5-6H2,1-2H3. The lowest BCUT2D eigenvalue weighted by Gasteiger charge is -2.01. The third kappa shape index (κ3) is 2.53. The van der Waals surface area contributed by atoms with Crippen molar-refractivity contribution in [3.63, 3.8) is 0 Å². The Labute approximate surface area is 72.6 Å². The number of hydrogen-bond acceptors (Lipinski definition) is 2. The molecule has 1 rings (SSSR count). The van der Waals surface area contributed by atoms with Crippen LogP contribution >= 0.6 is 0 Å². The molecule has 1 heterocycles. The third-order valence-corrected chi connectivity index (χ3v) is 1.84. The highest BCUT2D eigenvalue weighted by Gasteiger charge is 2.07. The van der Waals surface area contributed by atoms with Gasteiger partial charge >= 0.3 is 0 Å². The summed E-state index contributed by atoms with van der Waals surface area (Å²) in [6.45, 7) is 3.84. The van der Waals surface area contributed by atoms with Gasteiger partial charge in [0.2, 0.25) is 0 Å². The second-order valence-corrected chi connectivity index (χ2v) is 3.20. The van der Waals surface area contributed by atoms with Crippen LogP contribution in [0.2, 0.25) is 0 Å². The van der Waals surface area contributed by atoms with Crippen LogP contribution in [-0.2, 0) is 11.2 Å². The molecule has 0 aliphatic rings. The zero-order valence-electron chi connectivity index (χ0n) is 7.54. The van der Waals surface area contributed by atoms with Gasteiger partial charge in [0.1, 0.15) is 11.5 Å². The summed E-state index contributed by atoms with van der Waals surface area (Å²) in [6.07, 6.45) is 2.95. The van der Waals surface area contributed by atoms with E-state index in [-0.39, 0.29) is 5.92 Å². The van der Waals surface area contributed by atoms with E-state index in [4.69, 9.17) is 4.42 Å². The molecule has 0 amide bonds. The summed E-state index contributed by atoms with van der Waals surface area (Å²) in [5.74, 6) is 1.33. The van der Waals surface area contributed by atoms with Crippen LogP contribution in [0.25, 0.3) is 0 Å². The van der Waals surface area contributed by atoms with E-state index in [1.807, 2.05) is 26.0 Å². The molecule has 0 N–H and O–H groups in total. The Kier molecular flexibility index (Phi) is 3.09. The van der Waals surface area contributed by atoms with Gasteiger partial charge in [-0.3, -0.25) is 4.79 Å². The van der Waals surface area contributed by atoms with Crippen molar-refractivity contribution in [1.29, 1.82) is 0 Å². The molecule has 0 fully saturated rings. The smallest absolute Gasteiger partial charge is 0.135 e. The normalized spacial score (nSPS) is 10.6. The minimum absolute atomic E-state index is 0.139. The Hall–Kier alpha value is -1.05. The van der Waals surface area contributed by atoms with Gasteiger partial charge in [-0.25, -0.2) is 0 Å². The molecule has 12 heavy (non-hydrogen) atoms. The van der Waals surface area contributed by atoms with Gasteiger partial charge in [-0.15, -0.1) is 0 Å². The quantitative estimate of drug-likeness (QED) is 0.687. The maximum Gasteiger partial charge on any atom is 0.135 e. The number of ketones is 1. The number of Topliss-reactive ketones (excluding diaryl/α,β-unsaturated/α-hetero) is 1. The van der Waals surface area contributed by atoms with Crippen molar-refractivity contribution in [2.24, 2.45) is 5.92 Å².